The molecular formula is C11H24OSi. The van der Waals surface area contributed by atoms with Gasteiger partial charge < -0.3 is 5.11 Å². The van der Waals surface area contributed by atoms with Gasteiger partial charge in [-0.1, -0.05) is 51.4 Å². The molecule has 1 saturated carbocycles. The normalized spacial score (nSPS) is 22.2. The monoisotopic (exact) mass is 200 g/mol. The molecule has 0 aromatic heterocycles. The van der Waals surface area contributed by atoms with E-state index in [0.717, 1.165) is 5.92 Å². The molecule has 1 nitrogen and oxygen atoms in total. The maximum atomic E-state index is 9.37. The van der Waals surface area contributed by atoms with Crippen molar-refractivity contribution in [2.24, 2.45) is 11.8 Å². The number of hydrogen-bond acceptors (Lipinski definition) is 1. The smallest absolute Gasteiger partial charge is 0.0459 e. The second-order valence-corrected chi connectivity index (χ2v) is 11.3. The summed E-state index contributed by atoms with van der Waals surface area (Å²) in [5.41, 5.74) is 0. The lowest BCUT2D eigenvalue weighted by Crippen LogP contribution is -2.29. The summed E-state index contributed by atoms with van der Waals surface area (Å²) in [7, 11) is -0.969. The molecule has 1 fully saturated rings. The van der Waals surface area contributed by atoms with E-state index < -0.39 is 8.07 Å². The molecule has 1 N–H and O–H groups in total. The summed E-state index contributed by atoms with van der Waals surface area (Å²) in [6.07, 6.45) is 5.53. The van der Waals surface area contributed by atoms with Crippen molar-refractivity contribution < 1.29 is 5.11 Å². The Morgan fingerprint density at radius 3 is 2.15 bits per heavy atom. The molecule has 0 heterocycles. The summed E-state index contributed by atoms with van der Waals surface area (Å²) in [4.78, 5) is 0. The van der Waals surface area contributed by atoms with Crippen LogP contribution in [-0.2, 0) is 0 Å². The zero-order valence-corrected chi connectivity index (χ0v) is 10.3. The van der Waals surface area contributed by atoms with E-state index in [4.69, 9.17) is 0 Å². The number of aliphatic hydroxyl groups excluding tert-OH is 1. The van der Waals surface area contributed by atoms with Crippen molar-refractivity contribution in [1.82, 2.24) is 0 Å². The van der Waals surface area contributed by atoms with Gasteiger partial charge in [-0.05, 0) is 11.8 Å². The van der Waals surface area contributed by atoms with E-state index >= 15 is 0 Å². The summed E-state index contributed by atoms with van der Waals surface area (Å²) < 4.78 is 0. The van der Waals surface area contributed by atoms with Gasteiger partial charge in [0, 0.05) is 14.7 Å². The van der Waals surface area contributed by atoms with Crippen molar-refractivity contribution >= 4 is 8.07 Å². The van der Waals surface area contributed by atoms with Gasteiger partial charge in [0.2, 0.25) is 0 Å². The predicted molar refractivity (Wildman–Crippen MR) is 60.7 cm³/mol. The molecule has 0 aromatic rings. The summed E-state index contributed by atoms with van der Waals surface area (Å²) in [6, 6.07) is 1.31. The Hall–Kier alpha value is 0.177. The minimum Gasteiger partial charge on any atom is -0.396 e. The van der Waals surface area contributed by atoms with Crippen LogP contribution in [0.5, 0.6) is 0 Å². The first-order valence-electron chi connectivity index (χ1n) is 5.64. The van der Waals surface area contributed by atoms with E-state index in [1.54, 1.807) is 0 Å². The van der Waals surface area contributed by atoms with Crippen LogP contribution < -0.4 is 0 Å². The van der Waals surface area contributed by atoms with Crippen molar-refractivity contribution in [3.05, 3.63) is 0 Å². The lowest BCUT2D eigenvalue weighted by Gasteiger charge is -2.27. The van der Waals surface area contributed by atoms with Crippen molar-refractivity contribution in [2.75, 3.05) is 6.61 Å². The highest BCUT2D eigenvalue weighted by molar-refractivity contribution is 6.76. The fourth-order valence-corrected chi connectivity index (χ4v) is 4.63. The molecule has 0 radical (unpaired) electrons. The minimum absolute atomic E-state index is 0.426. The van der Waals surface area contributed by atoms with Gasteiger partial charge in [-0.3, -0.25) is 0 Å². The molecule has 1 aliphatic carbocycles. The summed E-state index contributed by atoms with van der Waals surface area (Å²) in [6.45, 7) is 7.65. The molecule has 0 spiro atoms. The fraction of sp³-hybridized carbons (Fsp3) is 1.00. The van der Waals surface area contributed by atoms with Crippen LogP contribution in [0.3, 0.4) is 0 Å². The lowest BCUT2D eigenvalue weighted by atomic mass is 9.93. The van der Waals surface area contributed by atoms with Gasteiger partial charge in [0.15, 0.2) is 0 Å². The Morgan fingerprint density at radius 2 is 1.77 bits per heavy atom. The average Bonchev–Trinajstić information content (AvgIpc) is 2.50. The third-order valence-corrected chi connectivity index (χ3v) is 4.92. The zero-order chi connectivity index (χ0) is 9.90. The van der Waals surface area contributed by atoms with Crippen LogP contribution in [0.1, 0.15) is 25.7 Å². The SMILES string of the molecule is C[Si](C)(C)CC(CO)C1CCCC1. The molecule has 78 valence electrons. The summed E-state index contributed by atoms with van der Waals surface area (Å²) >= 11 is 0. The minimum atomic E-state index is -0.969. The van der Waals surface area contributed by atoms with Crippen LogP contribution in [0.15, 0.2) is 0 Å². The van der Waals surface area contributed by atoms with Gasteiger partial charge in [-0.15, -0.1) is 0 Å². The highest BCUT2D eigenvalue weighted by Gasteiger charge is 2.28. The quantitative estimate of drug-likeness (QED) is 0.691. The standard InChI is InChI=1S/C11H24OSi/c1-13(2,3)9-11(8-12)10-6-4-5-7-10/h10-12H,4-9H2,1-3H3. The molecule has 0 amide bonds. The van der Waals surface area contributed by atoms with Gasteiger partial charge in [-0.25, -0.2) is 0 Å². The van der Waals surface area contributed by atoms with Crippen molar-refractivity contribution in [2.45, 2.75) is 51.4 Å². The first kappa shape index (κ1) is 11.3. The van der Waals surface area contributed by atoms with Crippen LogP contribution in [-0.4, -0.2) is 19.8 Å². The van der Waals surface area contributed by atoms with E-state index in [1.165, 1.54) is 31.7 Å². The second kappa shape index (κ2) is 4.60. The Kier molecular flexibility index (Phi) is 3.99. The average molecular weight is 200 g/mol. The highest BCUT2D eigenvalue weighted by Crippen LogP contribution is 2.35. The van der Waals surface area contributed by atoms with Gasteiger partial charge in [0.05, 0.1) is 0 Å². The molecule has 1 unspecified atom stereocenters. The maximum Gasteiger partial charge on any atom is 0.0459 e. The van der Waals surface area contributed by atoms with Crippen molar-refractivity contribution in [3.8, 4) is 0 Å². The Morgan fingerprint density at radius 1 is 1.23 bits per heavy atom. The number of rotatable bonds is 4. The van der Waals surface area contributed by atoms with E-state index in [9.17, 15) is 5.11 Å². The van der Waals surface area contributed by atoms with Crippen LogP contribution in [0, 0.1) is 11.8 Å². The molecule has 0 bridgehead atoms. The van der Waals surface area contributed by atoms with Crippen molar-refractivity contribution in [1.29, 1.82) is 0 Å². The predicted octanol–water partition coefficient (Wildman–Crippen LogP) is 3.12. The Labute approximate surface area is 83.6 Å². The topological polar surface area (TPSA) is 20.2 Å². The molecule has 0 aliphatic heterocycles. The van der Waals surface area contributed by atoms with E-state index in [1.807, 2.05) is 0 Å². The molecule has 2 heteroatoms. The second-order valence-electron chi connectivity index (χ2n) is 5.75. The first-order chi connectivity index (χ1) is 6.03. The molecule has 1 aliphatic rings. The maximum absolute atomic E-state index is 9.37. The lowest BCUT2D eigenvalue weighted by molar-refractivity contribution is 0.189. The first-order valence-corrected chi connectivity index (χ1v) is 9.34. The Bertz CT molecular complexity index is 145. The van der Waals surface area contributed by atoms with Gasteiger partial charge in [-0.2, -0.15) is 0 Å². The van der Waals surface area contributed by atoms with E-state index in [-0.39, 0.29) is 0 Å². The van der Waals surface area contributed by atoms with Crippen LogP contribution >= 0.6 is 0 Å². The molecule has 13 heavy (non-hydrogen) atoms. The van der Waals surface area contributed by atoms with Gasteiger partial charge >= 0.3 is 0 Å². The van der Waals surface area contributed by atoms with Crippen LogP contribution in [0.2, 0.25) is 25.7 Å². The molecule has 1 atom stereocenters. The largest absolute Gasteiger partial charge is 0.396 e. The molecule has 1 rings (SSSR count). The summed E-state index contributed by atoms with van der Waals surface area (Å²) in [5, 5.41) is 9.37. The number of aliphatic hydroxyl groups is 1. The number of hydrogen-bond donors (Lipinski definition) is 1. The van der Waals surface area contributed by atoms with Crippen LogP contribution in [0.4, 0.5) is 0 Å². The van der Waals surface area contributed by atoms with E-state index in [0.29, 0.717) is 12.5 Å². The van der Waals surface area contributed by atoms with Crippen molar-refractivity contribution in [3.63, 3.8) is 0 Å². The third kappa shape index (κ3) is 3.82. The van der Waals surface area contributed by atoms with Gasteiger partial charge in [0.1, 0.15) is 0 Å². The summed E-state index contributed by atoms with van der Waals surface area (Å²) in [5.74, 6) is 1.46. The van der Waals surface area contributed by atoms with E-state index in [2.05, 4.69) is 19.6 Å². The Balaban J connectivity index is 2.42. The molecule has 0 aromatic carbocycles. The fourth-order valence-electron chi connectivity index (χ4n) is 2.60. The third-order valence-electron chi connectivity index (χ3n) is 3.18. The zero-order valence-electron chi connectivity index (χ0n) is 9.34. The van der Waals surface area contributed by atoms with Crippen LogP contribution in [0.25, 0.3) is 0 Å². The highest BCUT2D eigenvalue weighted by atomic mass is 28.3. The molecule has 0 saturated heterocycles. The van der Waals surface area contributed by atoms with Gasteiger partial charge in [0.25, 0.3) is 0 Å². The molecular weight excluding hydrogens is 176 g/mol.